The van der Waals surface area contributed by atoms with E-state index in [4.69, 9.17) is 4.74 Å². The summed E-state index contributed by atoms with van der Waals surface area (Å²) in [7, 11) is -2.42. The summed E-state index contributed by atoms with van der Waals surface area (Å²) < 4.78 is 33.7. The quantitative estimate of drug-likeness (QED) is 0.769. The van der Waals surface area contributed by atoms with Gasteiger partial charge in [0.2, 0.25) is 5.91 Å². The number of likely N-dealkylation sites (N-methyl/N-ethyl adjacent to an activating group) is 1. The first-order chi connectivity index (χ1) is 13.1. The van der Waals surface area contributed by atoms with Crippen LogP contribution >= 0.6 is 0 Å². The van der Waals surface area contributed by atoms with Crippen molar-refractivity contribution in [2.24, 2.45) is 0 Å². The van der Waals surface area contributed by atoms with E-state index in [0.29, 0.717) is 29.1 Å². The van der Waals surface area contributed by atoms with Gasteiger partial charge in [-0.25, -0.2) is 8.42 Å². The number of anilines is 1. The van der Waals surface area contributed by atoms with Crippen LogP contribution in [0, 0.1) is 27.7 Å². The maximum Gasteiger partial charge on any atom is 0.265 e. The summed E-state index contributed by atoms with van der Waals surface area (Å²) in [5, 5.41) is 2.67. The van der Waals surface area contributed by atoms with Crippen molar-refractivity contribution in [3.63, 3.8) is 0 Å². The van der Waals surface area contributed by atoms with Crippen molar-refractivity contribution in [3.05, 3.63) is 52.6 Å². The first-order valence-corrected chi connectivity index (χ1v) is 10.6. The van der Waals surface area contributed by atoms with E-state index < -0.39 is 10.0 Å². The maximum atomic E-state index is 13.7. The zero-order valence-electron chi connectivity index (χ0n) is 17.3. The molecule has 0 aliphatic heterocycles. The predicted octanol–water partition coefficient (Wildman–Crippen LogP) is 3.26. The Kier molecular flexibility index (Phi) is 6.72. The minimum Gasteiger partial charge on any atom is -0.497 e. The van der Waals surface area contributed by atoms with Gasteiger partial charge in [-0.3, -0.25) is 9.10 Å². The van der Waals surface area contributed by atoms with Crippen LogP contribution in [0.5, 0.6) is 5.75 Å². The average molecular weight is 405 g/mol. The summed E-state index contributed by atoms with van der Waals surface area (Å²) in [4.78, 5) is 12.5. The Balaban J connectivity index is 2.66. The first-order valence-electron chi connectivity index (χ1n) is 9.14. The average Bonchev–Trinajstić information content (AvgIpc) is 2.65. The second-order valence-electron chi connectivity index (χ2n) is 6.75. The Hall–Kier alpha value is -2.54. The fraction of sp³-hybridized carbons (Fsp3) is 0.381. The lowest BCUT2D eigenvalue weighted by Gasteiger charge is -2.27. The fourth-order valence-corrected chi connectivity index (χ4v) is 5.13. The number of aryl methyl sites for hydroxylation is 2. The van der Waals surface area contributed by atoms with Crippen LogP contribution in [0.3, 0.4) is 0 Å². The number of benzene rings is 2. The maximum absolute atomic E-state index is 13.7. The van der Waals surface area contributed by atoms with Gasteiger partial charge in [0.25, 0.3) is 10.0 Å². The highest BCUT2D eigenvalue weighted by Gasteiger charge is 2.31. The lowest BCUT2D eigenvalue weighted by Crippen LogP contribution is -2.41. The number of hydrogen-bond donors (Lipinski definition) is 1. The highest BCUT2D eigenvalue weighted by molar-refractivity contribution is 7.93. The summed E-state index contributed by atoms with van der Waals surface area (Å²) in [5.41, 5.74) is 3.59. The summed E-state index contributed by atoms with van der Waals surface area (Å²) in [6, 6.07) is 8.62. The number of sulfonamides is 1. The zero-order valence-corrected chi connectivity index (χ0v) is 18.1. The van der Waals surface area contributed by atoms with Crippen LogP contribution in [0.2, 0.25) is 0 Å². The van der Waals surface area contributed by atoms with Crippen LogP contribution in [-0.2, 0) is 14.8 Å². The molecule has 2 aromatic carbocycles. The number of hydrogen-bond acceptors (Lipinski definition) is 4. The van der Waals surface area contributed by atoms with Crippen molar-refractivity contribution >= 4 is 21.6 Å². The molecule has 0 fully saturated rings. The number of rotatable bonds is 7. The molecule has 1 N–H and O–H groups in total. The molecule has 0 radical (unpaired) electrons. The summed E-state index contributed by atoms with van der Waals surface area (Å²) >= 11 is 0. The Morgan fingerprint density at radius 2 is 1.57 bits per heavy atom. The molecule has 152 valence electrons. The van der Waals surface area contributed by atoms with Crippen LogP contribution in [-0.4, -0.2) is 34.5 Å². The Bertz CT molecular complexity index is 941. The van der Waals surface area contributed by atoms with Gasteiger partial charge >= 0.3 is 0 Å². The number of carbonyl (C=O) groups excluding carboxylic acids is 1. The zero-order chi connectivity index (χ0) is 21.1. The molecule has 1 amide bonds. The lowest BCUT2D eigenvalue weighted by molar-refractivity contribution is -0.119. The smallest absolute Gasteiger partial charge is 0.265 e. The third-order valence-corrected chi connectivity index (χ3v) is 6.92. The third-order valence-electron chi connectivity index (χ3n) is 4.87. The first kappa shape index (κ1) is 21.8. The molecule has 7 heteroatoms. The van der Waals surface area contributed by atoms with E-state index in [1.165, 1.54) is 0 Å². The Morgan fingerprint density at radius 3 is 2.04 bits per heavy atom. The molecule has 0 unspecified atom stereocenters. The molecule has 0 saturated carbocycles. The molecule has 0 bridgehead atoms. The van der Waals surface area contributed by atoms with E-state index in [1.807, 2.05) is 19.9 Å². The molecule has 0 aromatic heterocycles. The van der Waals surface area contributed by atoms with Gasteiger partial charge in [-0.15, -0.1) is 0 Å². The molecule has 2 rings (SSSR count). The van der Waals surface area contributed by atoms with Gasteiger partial charge in [0.05, 0.1) is 17.7 Å². The number of nitrogens with one attached hydrogen (secondary N) is 1. The monoisotopic (exact) mass is 404 g/mol. The van der Waals surface area contributed by atoms with E-state index in [9.17, 15) is 13.2 Å². The lowest BCUT2D eigenvalue weighted by atomic mass is 10.0. The van der Waals surface area contributed by atoms with E-state index in [0.717, 1.165) is 15.4 Å². The van der Waals surface area contributed by atoms with Crippen molar-refractivity contribution in [1.82, 2.24) is 5.32 Å². The largest absolute Gasteiger partial charge is 0.497 e. The van der Waals surface area contributed by atoms with Crippen molar-refractivity contribution in [1.29, 1.82) is 0 Å². The fourth-order valence-electron chi connectivity index (χ4n) is 3.12. The van der Waals surface area contributed by atoms with Gasteiger partial charge in [0.15, 0.2) is 0 Å². The summed E-state index contributed by atoms with van der Waals surface area (Å²) in [5.74, 6) is 0.249. The summed E-state index contributed by atoms with van der Waals surface area (Å²) in [6.45, 7) is 9.30. The van der Waals surface area contributed by atoms with Crippen LogP contribution in [0.1, 0.15) is 29.2 Å². The van der Waals surface area contributed by atoms with Crippen molar-refractivity contribution < 1.29 is 17.9 Å². The highest BCUT2D eigenvalue weighted by Crippen LogP contribution is 2.32. The number of carbonyl (C=O) groups is 1. The molecule has 28 heavy (non-hydrogen) atoms. The number of methoxy groups -OCH3 is 1. The molecular weight excluding hydrogens is 376 g/mol. The van der Waals surface area contributed by atoms with Gasteiger partial charge in [-0.2, -0.15) is 0 Å². The summed E-state index contributed by atoms with van der Waals surface area (Å²) in [6.07, 6.45) is 0. The normalized spacial score (nSPS) is 11.2. The Morgan fingerprint density at radius 1 is 1.04 bits per heavy atom. The van der Waals surface area contributed by atoms with Crippen LogP contribution in [0.4, 0.5) is 5.69 Å². The van der Waals surface area contributed by atoms with Gasteiger partial charge < -0.3 is 10.1 Å². The number of amides is 1. The second-order valence-corrected chi connectivity index (χ2v) is 8.55. The highest BCUT2D eigenvalue weighted by atomic mass is 32.2. The second kappa shape index (κ2) is 8.65. The van der Waals surface area contributed by atoms with Crippen molar-refractivity contribution in [2.45, 2.75) is 39.5 Å². The van der Waals surface area contributed by atoms with Gasteiger partial charge in [-0.05, 0) is 81.1 Å². The number of nitrogens with zero attached hydrogens (tertiary/aromatic N) is 1. The SMILES string of the molecule is CCNC(=O)CN(c1ccc(OC)cc1)S(=O)(=O)c1c(C)c(C)cc(C)c1C. The van der Waals surface area contributed by atoms with Crippen LogP contribution in [0.15, 0.2) is 35.2 Å². The minimum absolute atomic E-state index is 0.255. The molecule has 0 spiro atoms. The number of ether oxygens (including phenoxy) is 1. The predicted molar refractivity (Wildman–Crippen MR) is 112 cm³/mol. The molecule has 0 saturated heterocycles. The molecule has 0 atom stereocenters. The van der Waals surface area contributed by atoms with Crippen molar-refractivity contribution in [3.8, 4) is 5.75 Å². The van der Waals surface area contributed by atoms with E-state index >= 15 is 0 Å². The molecule has 0 heterocycles. The van der Waals surface area contributed by atoms with Gasteiger partial charge in [0.1, 0.15) is 12.3 Å². The third kappa shape index (κ3) is 4.30. The molecule has 0 aliphatic carbocycles. The molecule has 2 aromatic rings. The van der Waals surface area contributed by atoms with Gasteiger partial charge in [0, 0.05) is 6.54 Å². The molecular formula is C21H28N2O4S. The van der Waals surface area contributed by atoms with Crippen molar-refractivity contribution in [2.75, 3.05) is 24.5 Å². The standard InChI is InChI=1S/C21H28N2O4S/c1-7-22-20(24)13-23(18-8-10-19(27-6)11-9-18)28(25,26)21-16(4)14(2)12-15(3)17(21)5/h8-12H,7,13H2,1-6H3,(H,22,24). The van der Waals surface area contributed by atoms with E-state index in [1.54, 1.807) is 52.1 Å². The van der Waals surface area contributed by atoms with E-state index in [2.05, 4.69) is 5.32 Å². The van der Waals surface area contributed by atoms with Crippen LogP contribution < -0.4 is 14.4 Å². The van der Waals surface area contributed by atoms with Gasteiger partial charge in [-0.1, -0.05) is 6.07 Å². The molecule has 6 nitrogen and oxygen atoms in total. The van der Waals surface area contributed by atoms with E-state index in [-0.39, 0.29) is 17.3 Å². The molecule has 0 aliphatic rings. The topological polar surface area (TPSA) is 75.7 Å². The minimum atomic E-state index is -3.96. The van der Waals surface area contributed by atoms with Crippen LogP contribution in [0.25, 0.3) is 0 Å². The Labute approximate surface area is 167 Å².